The highest BCUT2D eigenvalue weighted by atomic mass is 16.2. The Kier molecular flexibility index (Phi) is 6.03. The van der Waals surface area contributed by atoms with Crippen molar-refractivity contribution >= 4 is 23.2 Å². The van der Waals surface area contributed by atoms with Gasteiger partial charge in [-0.05, 0) is 49.2 Å². The molecule has 8 nitrogen and oxygen atoms in total. The van der Waals surface area contributed by atoms with Crippen molar-refractivity contribution in [1.29, 1.82) is 5.26 Å². The Labute approximate surface area is 179 Å². The number of hydrogen-bond donors (Lipinski definition) is 2. The van der Waals surface area contributed by atoms with Gasteiger partial charge in [-0.2, -0.15) is 5.26 Å². The van der Waals surface area contributed by atoms with Gasteiger partial charge in [0, 0.05) is 35.5 Å². The Hall–Kier alpha value is -3.99. The molecule has 156 valence electrons. The summed E-state index contributed by atoms with van der Waals surface area (Å²) in [5.41, 5.74) is 2.57. The summed E-state index contributed by atoms with van der Waals surface area (Å²) in [7, 11) is 0. The fourth-order valence-corrected chi connectivity index (χ4v) is 3.62. The molecule has 3 aromatic rings. The van der Waals surface area contributed by atoms with E-state index >= 15 is 0 Å². The van der Waals surface area contributed by atoms with Crippen LogP contribution in [0.2, 0.25) is 0 Å². The summed E-state index contributed by atoms with van der Waals surface area (Å²) in [6.45, 7) is 0.908. The van der Waals surface area contributed by atoms with Crippen molar-refractivity contribution in [3.05, 3.63) is 59.9 Å². The molecule has 1 aromatic heterocycles. The maximum absolute atomic E-state index is 12.7. The second-order valence-corrected chi connectivity index (χ2v) is 7.40. The predicted molar refractivity (Wildman–Crippen MR) is 116 cm³/mol. The van der Waals surface area contributed by atoms with Gasteiger partial charge in [0.1, 0.15) is 12.2 Å². The van der Waals surface area contributed by atoms with Gasteiger partial charge in [0.15, 0.2) is 5.82 Å². The largest absolute Gasteiger partial charge is 0.325 e. The lowest BCUT2D eigenvalue weighted by atomic mass is 10.1. The molecular formula is C23H22N6O2. The number of carbonyl (C=O) groups excluding carboxylic acids is 2. The van der Waals surface area contributed by atoms with Gasteiger partial charge in [-0.3, -0.25) is 9.59 Å². The van der Waals surface area contributed by atoms with Gasteiger partial charge < -0.3 is 15.2 Å². The highest BCUT2D eigenvalue weighted by Gasteiger charge is 2.16. The lowest BCUT2D eigenvalue weighted by molar-refractivity contribution is -0.115. The zero-order chi connectivity index (χ0) is 21.6. The van der Waals surface area contributed by atoms with Crippen LogP contribution in [0, 0.1) is 11.3 Å². The van der Waals surface area contributed by atoms with Crippen molar-refractivity contribution in [1.82, 2.24) is 14.8 Å². The number of anilines is 2. The topological polar surface area (TPSA) is 113 Å². The van der Waals surface area contributed by atoms with Gasteiger partial charge in [-0.25, -0.2) is 0 Å². The Morgan fingerprint density at radius 1 is 1.00 bits per heavy atom. The molecule has 0 bridgehead atoms. The summed E-state index contributed by atoms with van der Waals surface area (Å²) in [6.07, 6.45) is 4.17. The average molecular weight is 414 g/mol. The van der Waals surface area contributed by atoms with Crippen molar-refractivity contribution in [2.45, 2.75) is 38.6 Å². The highest BCUT2D eigenvalue weighted by molar-refractivity contribution is 6.05. The molecule has 2 amide bonds. The first-order valence-corrected chi connectivity index (χ1v) is 10.2. The molecule has 8 heteroatoms. The average Bonchev–Trinajstić information content (AvgIpc) is 3.03. The summed E-state index contributed by atoms with van der Waals surface area (Å²) >= 11 is 0. The van der Waals surface area contributed by atoms with Crippen LogP contribution in [0.1, 0.15) is 41.9 Å². The molecule has 2 aromatic carbocycles. The summed E-state index contributed by atoms with van der Waals surface area (Å²) in [4.78, 5) is 24.1. The predicted octanol–water partition coefficient (Wildman–Crippen LogP) is 3.78. The van der Waals surface area contributed by atoms with Gasteiger partial charge in [-0.1, -0.05) is 18.6 Å². The number of nitriles is 1. The van der Waals surface area contributed by atoms with Gasteiger partial charge in [-0.15, -0.1) is 10.2 Å². The van der Waals surface area contributed by atoms with E-state index in [4.69, 9.17) is 5.26 Å². The van der Waals surface area contributed by atoms with Crippen LogP contribution >= 0.6 is 0 Å². The standard InChI is InChI=1S/C23H22N6O2/c24-13-12-21(30)25-18-10-8-16(9-11-18)23(31)26-19-6-4-5-17(15-19)22-28-27-20-7-2-1-3-14-29(20)22/h4-6,8-11,15H,1-3,7,12,14H2,(H,25,30)(H,26,31). The van der Waals surface area contributed by atoms with Crippen LogP contribution in [0.4, 0.5) is 11.4 Å². The molecule has 0 aliphatic carbocycles. The van der Waals surface area contributed by atoms with Crippen LogP contribution in [0.5, 0.6) is 0 Å². The van der Waals surface area contributed by atoms with E-state index in [1.165, 1.54) is 6.42 Å². The molecule has 0 unspecified atom stereocenters. The molecule has 2 N–H and O–H groups in total. The highest BCUT2D eigenvalue weighted by Crippen LogP contribution is 2.25. The van der Waals surface area contributed by atoms with Gasteiger partial charge in [0.05, 0.1) is 6.07 Å². The smallest absolute Gasteiger partial charge is 0.255 e. The number of nitrogens with one attached hydrogen (secondary N) is 2. The normalized spacial score (nSPS) is 12.9. The summed E-state index contributed by atoms with van der Waals surface area (Å²) in [5.74, 6) is 1.20. The maximum Gasteiger partial charge on any atom is 0.255 e. The molecule has 0 saturated carbocycles. The number of fused-ring (bicyclic) bond motifs is 1. The number of hydrogen-bond acceptors (Lipinski definition) is 5. The van der Waals surface area contributed by atoms with Crippen LogP contribution in [0.3, 0.4) is 0 Å². The third kappa shape index (κ3) is 4.78. The first-order valence-electron chi connectivity index (χ1n) is 10.2. The second-order valence-electron chi connectivity index (χ2n) is 7.40. The third-order valence-corrected chi connectivity index (χ3v) is 5.16. The number of aromatic nitrogens is 3. The molecule has 1 aliphatic rings. The van der Waals surface area contributed by atoms with E-state index in [1.54, 1.807) is 30.3 Å². The minimum absolute atomic E-state index is 0.214. The zero-order valence-corrected chi connectivity index (χ0v) is 17.0. The molecule has 1 aliphatic heterocycles. The Bertz CT molecular complexity index is 1140. The van der Waals surface area contributed by atoms with Gasteiger partial charge in [0.2, 0.25) is 5.91 Å². The van der Waals surface area contributed by atoms with Crippen molar-refractivity contribution in [2.24, 2.45) is 0 Å². The first-order chi connectivity index (χ1) is 15.1. The molecule has 4 rings (SSSR count). The van der Waals surface area contributed by atoms with Crippen LogP contribution < -0.4 is 10.6 Å². The maximum atomic E-state index is 12.7. The van der Waals surface area contributed by atoms with Crippen molar-refractivity contribution in [2.75, 3.05) is 10.6 Å². The fourth-order valence-electron chi connectivity index (χ4n) is 3.62. The van der Waals surface area contributed by atoms with Crippen LogP contribution in [0.25, 0.3) is 11.4 Å². The SMILES string of the molecule is N#CCC(=O)Nc1ccc(C(=O)Nc2cccc(-c3nnc4n3CCCCC4)c2)cc1. The number of rotatable bonds is 5. The minimum Gasteiger partial charge on any atom is -0.325 e. The van der Waals surface area contributed by atoms with E-state index in [1.807, 2.05) is 24.3 Å². The lowest BCUT2D eigenvalue weighted by Gasteiger charge is -2.10. The van der Waals surface area contributed by atoms with E-state index in [-0.39, 0.29) is 18.2 Å². The Morgan fingerprint density at radius 2 is 1.84 bits per heavy atom. The zero-order valence-electron chi connectivity index (χ0n) is 17.0. The summed E-state index contributed by atoms with van der Waals surface area (Å²) in [6, 6.07) is 15.9. The van der Waals surface area contributed by atoms with Gasteiger partial charge in [0.25, 0.3) is 5.91 Å². The molecule has 0 radical (unpaired) electrons. The molecule has 0 fully saturated rings. The van der Waals surface area contributed by atoms with E-state index < -0.39 is 0 Å². The first kappa shape index (κ1) is 20.3. The molecule has 0 atom stereocenters. The molecule has 2 heterocycles. The lowest BCUT2D eigenvalue weighted by Crippen LogP contribution is -2.13. The third-order valence-electron chi connectivity index (χ3n) is 5.16. The van der Waals surface area contributed by atoms with Gasteiger partial charge >= 0.3 is 0 Å². The fraction of sp³-hybridized carbons (Fsp3) is 0.261. The van der Waals surface area contributed by atoms with E-state index in [0.717, 1.165) is 43.0 Å². The molecule has 0 saturated heterocycles. The van der Waals surface area contributed by atoms with E-state index in [0.29, 0.717) is 16.9 Å². The van der Waals surface area contributed by atoms with Crippen LogP contribution in [-0.4, -0.2) is 26.6 Å². The Morgan fingerprint density at radius 3 is 2.65 bits per heavy atom. The monoisotopic (exact) mass is 414 g/mol. The van der Waals surface area contributed by atoms with Crippen molar-refractivity contribution < 1.29 is 9.59 Å². The number of amides is 2. The number of aryl methyl sites for hydroxylation is 1. The Balaban J connectivity index is 1.47. The summed E-state index contributed by atoms with van der Waals surface area (Å²) < 4.78 is 2.17. The number of benzene rings is 2. The molecule has 31 heavy (non-hydrogen) atoms. The second kappa shape index (κ2) is 9.22. The van der Waals surface area contributed by atoms with Crippen molar-refractivity contribution in [3.63, 3.8) is 0 Å². The number of carbonyl (C=O) groups is 2. The van der Waals surface area contributed by atoms with E-state index in [2.05, 4.69) is 25.4 Å². The quantitative estimate of drug-likeness (QED) is 0.660. The molecular weight excluding hydrogens is 392 g/mol. The van der Waals surface area contributed by atoms with Crippen LogP contribution in [0.15, 0.2) is 48.5 Å². The summed E-state index contributed by atoms with van der Waals surface area (Å²) in [5, 5.41) is 22.8. The van der Waals surface area contributed by atoms with E-state index in [9.17, 15) is 9.59 Å². The number of nitrogens with zero attached hydrogens (tertiary/aromatic N) is 4. The molecule has 0 spiro atoms. The van der Waals surface area contributed by atoms with Crippen LogP contribution in [-0.2, 0) is 17.8 Å². The van der Waals surface area contributed by atoms with Crippen molar-refractivity contribution in [3.8, 4) is 17.5 Å². The minimum atomic E-state index is -0.386.